The summed E-state index contributed by atoms with van der Waals surface area (Å²) < 4.78 is 0. The minimum atomic E-state index is -0.978. The predicted molar refractivity (Wildman–Crippen MR) is 58.0 cm³/mol. The number of carboxylic acids is 1. The summed E-state index contributed by atoms with van der Waals surface area (Å²) in [7, 11) is 0. The van der Waals surface area contributed by atoms with Crippen molar-refractivity contribution in [2.45, 2.75) is 31.7 Å². The van der Waals surface area contributed by atoms with Gasteiger partial charge in [-0.15, -0.1) is 0 Å². The van der Waals surface area contributed by atoms with Crippen molar-refractivity contribution in [1.29, 1.82) is 0 Å². The van der Waals surface area contributed by atoms with Gasteiger partial charge in [-0.05, 0) is 38.8 Å². The molecule has 0 radical (unpaired) electrons. The molecule has 2 rings (SSSR count). The summed E-state index contributed by atoms with van der Waals surface area (Å²) in [6, 6.07) is 0. The van der Waals surface area contributed by atoms with Crippen molar-refractivity contribution >= 4 is 11.9 Å². The van der Waals surface area contributed by atoms with Gasteiger partial charge in [-0.1, -0.05) is 0 Å². The van der Waals surface area contributed by atoms with Gasteiger partial charge in [0.15, 0.2) is 0 Å². The van der Waals surface area contributed by atoms with E-state index < -0.39 is 11.5 Å². The first-order valence-corrected chi connectivity index (χ1v) is 5.78. The fourth-order valence-corrected chi connectivity index (χ4v) is 2.44. The maximum Gasteiger partial charge on any atom is 0.329 e. The van der Waals surface area contributed by atoms with Crippen LogP contribution in [0.5, 0.6) is 0 Å². The summed E-state index contributed by atoms with van der Waals surface area (Å²) in [6.45, 7) is 3.99. The summed E-state index contributed by atoms with van der Waals surface area (Å²) in [5, 5.41) is 12.3. The molecular formula is C11H18N2O3. The summed E-state index contributed by atoms with van der Waals surface area (Å²) in [6.07, 6.45) is 1.84. The lowest BCUT2D eigenvalue weighted by Crippen LogP contribution is -2.53. The first-order valence-electron chi connectivity index (χ1n) is 5.78. The van der Waals surface area contributed by atoms with E-state index in [0.29, 0.717) is 25.3 Å². The van der Waals surface area contributed by atoms with Crippen LogP contribution in [0.15, 0.2) is 0 Å². The average molecular weight is 226 g/mol. The monoisotopic (exact) mass is 226 g/mol. The Bertz CT molecular complexity index is 314. The highest BCUT2D eigenvalue weighted by Crippen LogP contribution is 2.30. The lowest BCUT2D eigenvalue weighted by atomic mass is 9.95. The average Bonchev–Trinajstić information content (AvgIpc) is 2.55. The molecule has 16 heavy (non-hydrogen) atoms. The number of nitrogens with one attached hydrogen (secondary N) is 1. The van der Waals surface area contributed by atoms with E-state index in [4.69, 9.17) is 0 Å². The molecule has 2 fully saturated rings. The Morgan fingerprint density at radius 1 is 1.50 bits per heavy atom. The van der Waals surface area contributed by atoms with E-state index in [1.807, 2.05) is 0 Å². The second kappa shape index (κ2) is 4.05. The predicted octanol–water partition coefficient (Wildman–Crippen LogP) is 0.0616. The molecule has 5 heteroatoms. The van der Waals surface area contributed by atoms with Crippen LogP contribution in [0.3, 0.4) is 0 Å². The van der Waals surface area contributed by atoms with Crippen LogP contribution < -0.4 is 5.32 Å². The number of likely N-dealkylation sites (tertiary alicyclic amines) is 1. The number of hydrogen-bond donors (Lipinski definition) is 2. The third-order valence-corrected chi connectivity index (χ3v) is 3.73. The third-order valence-electron chi connectivity index (χ3n) is 3.73. The molecule has 0 aromatic carbocycles. The number of carboxylic acid groups (broad SMARTS) is 1. The second-order valence-electron chi connectivity index (χ2n) is 4.96. The van der Waals surface area contributed by atoms with E-state index in [1.54, 1.807) is 11.8 Å². The van der Waals surface area contributed by atoms with Crippen molar-refractivity contribution in [3.8, 4) is 0 Å². The van der Waals surface area contributed by atoms with Crippen LogP contribution in [-0.2, 0) is 9.59 Å². The maximum atomic E-state index is 12.0. The molecule has 1 unspecified atom stereocenters. The van der Waals surface area contributed by atoms with E-state index in [0.717, 1.165) is 19.5 Å². The molecule has 1 atom stereocenters. The van der Waals surface area contributed by atoms with E-state index >= 15 is 0 Å². The quantitative estimate of drug-likeness (QED) is 0.714. The summed E-state index contributed by atoms with van der Waals surface area (Å²) in [5.41, 5.74) is -0.978. The Morgan fingerprint density at radius 2 is 2.19 bits per heavy atom. The van der Waals surface area contributed by atoms with Crippen LogP contribution in [0, 0.1) is 5.92 Å². The molecule has 2 heterocycles. The van der Waals surface area contributed by atoms with E-state index in [-0.39, 0.29) is 5.91 Å². The summed E-state index contributed by atoms with van der Waals surface area (Å²) >= 11 is 0. The van der Waals surface area contributed by atoms with Gasteiger partial charge in [0.2, 0.25) is 5.91 Å². The number of amides is 1. The molecule has 1 amide bonds. The normalized spacial score (nSPS) is 30.2. The van der Waals surface area contributed by atoms with Crippen molar-refractivity contribution < 1.29 is 14.7 Å². The first-order chi connectivity index (χ1) is 7.54. The van der Waals surface area contributed by atoms with Crippen LogP contribution >= 0.6 is 0 Å². The summed E-state index contributed by atoms with van der Waals surface area (Å²) in [4.78, 5) is 24.8. The van der Waals surface area contributed by atoms with Crippen molar-refractivity contribution in [3.05, 3.63) is 0 Å². The Kier molecular flexibility index (Phi) is 2.88. The van der Waals surface area contributed by atoms with Crippen molar-refractivity contribution in [1.82, 2.24) is 10.2 Å². The van der Waals surface area contributed by atoms with Crippen molar-refractivity contribution in [2.24, 2.45) is 5.92 Å². The summed E-state index contributed by atoms with van der Waals surface area (Å²) in [5.74, 6) is -0.495. The van der Waals surface area contributed by atoms with Crippen LogP contribution in [0.2, 0.25) is 0 Å². The van der Waals surface area contributed by atoms with Crippen molar-refractivity contribution in [2.75, 3.05) is 19.6 Å². The lowest BCUT2D eigenvalue weighted by Gasteiger charge is -2.34. The number of nitrogens with zero attached hydrogens (tertiary/aromatic N) is 1. The molecule has 2 aliphatic rings. The van der Waals surface area contributed by atoms with E-state index in [2.05, 4.69) is 5.32 Å². The Labute approximate surface area is 94.8 Å². The Morgan fingerprint density at radius 3 is 2.69 bits per heavy atom. The van der Waals surface area contributed by atoms with Crippen LogP contribution in [-0.4, -0.2) is 47.1 Å². The number of carbonyl (C=O) groups excluding carboxylic acids is 1. The Balaban J connectivity index is 2.01. The smallest absolute Gasteiger partial charge is 0.329 e. The molecular weight excluding hydrogens is 208 g/mol. The standard InChI is InChI=1S/C11H18N2O3/c1-11(10(15)16)3-2-4-13(11)9(14)5-8-6-12-7-8/h8,12H,2-7H2,1H3,(H,15,16). The van der Waals surface area contributed by atoms with Gasteiger partial charge in [0.25, 0.3) is 0 Å². The Hall–Kier alpha value is -1.10. The fraction of sp³-hybridized carbons (Fsp3) is 0.818. The molecule has 2 saturated heterocycles. The van der Waals surface area contributed by atoms with Crippen LogP contribution in [0.1, 0.15) is 26.2 Å². The maximum absolute atomic E-state index is 12.0. The number of rotatable bonds is 3. The highest BCUT2D eigenvalue weighted by Gasteiger charge is 2.46. The molecule has 2 N–H and O–H groups in total. The third kappa shape index (κ3) is 1.80. The highest BCUT2D eigenvalue weighted by atomic mass is 16.4. The van der Waals surface area contributed by atoms with Gasteiger partial charge in [0.1, 0.15) is 5.54 Å². The van der Waals surface area contributed by atoms with Crippen molar-refractivity contribution in [3.63, 3.8) is 0 Å². The van der Waals surface area contributed by atoms with Gasteiger partial charge in [-0.3, -0.25) is 4.79 Å². The molecule has 5 nitrogen and oxygen atoms in total. The first kappa shape index (κ1) is 11.4. The van der Waals surface area contributed by atoms with Gasteiger partial charge in [-0.2, -0.15) is 0 Å². The molecule has 0 aliphatic carbocycles. The van der Waals surface area contributed by atoms with Gasteiger partial charge < -0.3 is 15.3 Å². The molecule has 0 aromatic rings. The van der Waals surface area contributed by atoms with Gasteiger partial charge >= 0.3 is 5.97 Å². The zero-order valence-corrected chi connectivity index (χ0v) is 9.53. The zero-order chi connectivity index (χ0) is 11.8. The zero-order valence-electron chi connectivity index (χ0n) is 9.53. The molecule has 0 spiro atoms. The molecule has 0 saturated carbocycles. The van der Waals surface area contributed by atoms with Gasteiger partial charge in [0, 0.05) is 13.0 Å². The second-order valence-corrected chi connectivity index (χ2v) is 4.96. The molecule has 90 valence electrons. The number of hydrogen-bond acceptors (Lipinski definition) is 3. The van der Waals surface area contributed by atoms with E-state index in [1.165, 1.54) is 0 Å². The van der Waals surface area contributed by atoms with Crippen LogP contribution in [0.25, 0.3) is 0 Å². The number of aliphatic carboxylic acids is 1. The fourth-order valence-electron chi connectivity index (χ4n) is 2.44. The molecule has 0 bridgehead atoms. The topological polar surface area (TPSA) is 69.6 Å². The lowest BCUT2D eigenvalue weighted by molar-refractivity contribution is -0.155. The molecule has 0 aromatic heterocycles. The van der Waals surface area contributed by atoms with Gasteiger partial charge in [0.05, 0.1) is 0 Å². The minimum Gasteiger partial charge on any atom is -0.480 e. The highest BCUT2D eigenvalue weighted by molar-refractivity contribution is 5.87. The SMILES string of the molecule is CC1(C(=O)O)CCCN1C(=O)CC1CNC1. The van der Waals surface area contributed by atoms with E-state index in [9.17, 15) is 14.7 Å². The number of carbonyl (C=O) groups is 2. The van der Waals surface area contributed by atoms with Crippen LogP contribution in [0.4, 0.5) is 0 Å². The van der Waals surface area contributed by atoms with Gasteiger partial charge in [-0.25, -0.2) is 4.79 Å². The minimum absolute atomic E-state index is 0.00565. The largest absolute Gasteiger partial charge is 0.480 e. The molecule has 2 aliphatic heterocycles.